The van der Waals surface area contributed by atoms with Gasteiger partial charge in [0.2, 0.25) is 0 Å². The number of nitro groups is 1. The molecule has 0 fully saturated rings. The smallest absolute Gasteiger partial charge is 0.292 e. The van der Waals surface area contributed by atoms with Crippen LogP contribution < -0.4 is 21.2 Å². The highest BCUT2D eigenvalue weighted by Crippen LogP contribution is 2.49. The summed E-state index contributed by atoms with van der Waals surface area (Å²) in [4.78, 5) is 24.5. The number of nitrogens with one attached hydrogen (secondary N) is 1. The molecule has 1 N–H and O–H groups in total. The van der Waals surface area contributed by atoms with Crippen molar-refractivity contribution in [2.24, 2.45) is 4.74 Å². The average molecular weight is 518 g/mol. The first-order valence-electron chi connectivity index (χ1n) is 12.0. The number of nitrogens with zero attached hydrogens (tertiary/aromatic N) is 2. The van der Waals surface area contributed by atoms with Crippen molar-refractivity contribution >= 4 is 45.9 Å². The minimum absolute atomic E-state index is 0.132. The van der Waals surface area contributed by atoms with Gasteiger partial charge >= 0.3 is 0 Å². The normalized spacial score (nSPS) is 10.9. The minimum Gasteiger partial charge on any atom is -0.316 e. The van der Waals surface area contributed by atoms with Crippen molar-refractivity contribution in [3.05, 3.63) is 155 Å². The van der Waals surface area contributed by atoms with Crippen molar-refractivity contribution in [3.63, 3.8) is 0 Å². The van der Waals surface area contributed by atoms with E-state index in [2.05, 4.69) is 41.7 Å². The highest BCUT2D eigenvalue weighted by atomic mass is 31.2. The molecule has 0 aliphatic heterocycles. The first-order chi connectivity index (χ1) is 18.6. The lowest BCUT2D eigenvalue weighted by molar-refractivity contribution is -0.383. The molecule has 5 aromatic carbocycles. The van der Waals surface area contributed by atoms with E-state index in [1.54, 1.807) is 24.3 Å². The zero-order chi connectivity index (χ0) is 26.4. The molecule has 0 radical (unpaired) electrons. The van der Waals surface area contributed by atoms with Crippen molar-refractivity contribution in [3.8, 4) is 0 Å². The third-order valence-corrected chi connectivity index (χ3v) is 9.80. The maximum Gasteiger partial charge on any atom is 0.292 e. The Bertz CT molecular complexity index is 1540. The summed E-state index contributed by atoms with van der Waals surface area (Å²) in [5.74, 6) is -0.467. The van der Waals surface area contributed by atoms with Crippen molar-refractivity contribution in [2.45, 2.75) is 0 Å². The molecule has 0 atom stereocenters. The highest BCUT2D eigenvalue weighted by molar-refractivity contribution is 7.87. The fourth-order valence-corrected chi connectivity index (χ4v) is 7.94. The van der Waals surface area contributed by atoms with Gasteiger partial charge in [-0.25, -0.2) is 0 Å². The zero-order valence-corrected chi connectivity index (χ0v) is 21.2. The second-order valence-corrected chi connectivity index (χ2v) is 11.5. The van der Waals surface area contributed by atoms with Crippen LogP contribution in [-0.2, 0) is 0 Å². The summed E-state index contributed by atoms with van der Waals surface area (Å²) in [7, 11) is -2.61. The predicted molar refractivity (Wildman–Crippen MR) is 155 cm³/mol. The van der Waals surface area contributed by atoms with Gasteiger partial charge in [0.15, 0.2) is 0 Å². The molecule has 0 aliphatic rings. The van der Waals surface area contributed by atoms with Crippen LogP contribution in [0.15, 0.2) is 144 Å². The molecule has 0 saturated heterocycles. The lowest BCUT2D eigenvalue weighted by Gasteiger charge is -2.27. The Morgan fingerprint density at radius 3 is 1.61 bits per heavy atom. The Labute approximate surface area is 220 Å². The number of hydrogen-bond donors (Lipinski definition) is 1. The van der Waals surface area contributed by atoms with Gasteiger partial charge in [0, 0.05) is 22.0 Å². The van der Waals surface area contributed by atoms with Gasteiger partial charge in [-0.15, -0.1) is 0 Å². The van der Waals surface area contributed by atoms with Gasteiger partial charge in [0.25, 0.3) is 11.6 Å². The minimum atomic E-state index is -2.61. The molecule has 0 saturated carbocycles. The second kappa shape index (κ2) is 11.1. The topological polar surface area (TPSA) is 84.6 Å². The van der Waals surface area contributed by atoms with E-state index in [-0.39, 0.29) is 11.4 Å². The summed E-state index contributed by atoms with van der Waals surface area (Å²) >= 11 is 0. The van der Waals surface area contributed by atoms with E-state index in [0.29, 0.717) is 11.3 Å². The van der Waals surface area contributed by atoms with Crippen LogP contribution in [-0.4, -0.2) is 10.8 Å². The number of nitro benzene ring substituents is 1. The van der Waals surface area contributed by atoms with Crippen LogP contribution >= 0.6 is 7.05 Å². The molecule has 0 unspecified atom stereocenters. The first kappa shape index (κ1) is 24.9. The molecule has 0 bridgehead atoms. The Morgan fingerprint density at radius 2 is 1.08 bits per heavy atom. The van der Waals surface area contributed by atoms with E-state index in [4.69, 9.17) is 4.74 Å². The van der Waals surface area contributed by atoms with Crippen LogP contribution in [0.3, 0.4) is 0 Å². The third kappa shape index (κ3) is 4.90. The molecule has 1 amide bonds. The number of benzene rings is 5. The highest BCUT2D eigenvalue weighted by Gasteiger charge is 2.28. The number of carbonyl (C=O) groups excluding carboxylic acids is 1. The molecule has 0 aromatic heterocycles. The number of hydrogen-bond acceptors (Lipinski definition) is 4. The number of para-hydroxylation sites is 2. The Morgan fingerprint density at radius 1 is 0.632 bits per heavy atom. The maximum atomic E-state index is 13.5. The molecule has 38 heavy (non-hydrogen) atoms. The quantitative estimate of drug-likeness (QED) is 0.149. The van der Waals surface area contributed by atoms with E-state index in [9.17, 15) is 14.9 Å². The number of amides is 1. The van der Waals surface area contributed by atoms with Gasteiger partial charge in [0.1, 0.15) is 5.69 Å². The van der Waals surface area contributed by atoms with Crippen LogP contribution in [0.1, 0.15) is 10.4 Å². The van der Waals surface area contributed by atoms with Crippen LogP contribution in [0.4, 0.5) is 17.1 Å². The summed E-state index contributed by atoms with van der Waals surface area (Å²) in [6.07, 6.45) is 0. The fourth-order valence-electron chi connectivity index (χ4n) is 4.39. The predicted octanol–water partition coefficient (Wildman–Crippen LogP) is 6.66. The molecule has 0 aliphatic carbocycles. The van der Waals surface area contributed by atoms with E-state index in [1.165, 1.54) is 12.1 Å². The summed E-state index contributed by atoms with van der Waals surface area (Å²) in [6.45, 7) is 0. The van der Waals surface area contributed by atoms with Crippen molar-refractivity contribution < 1.29 is 9.72 Å². The van der Waals surface area contributed by atoms with Crippen molar-refractivity contribution in [1.29, 1.82) is 0 Å². The monoisotopic (exact) mass is 517 g/mol. The van der Waals surface area contributed by atoms with Gasteiger partial charge in [0.05, 0.1) is 23.2 Å². The molecule has 186 valence electrons. The molecule has 6 nitrogen and oxygen atoms in total. The van der Waals surface area contributed by atoms with E-state index in [1.807, 2.05) is 66.7 Å². The van der Waals surface area contributed by atoms with E-state index in [0.717, 1.165) is 15.9 Å². The number of rotatable bonds is 7. The van der Waals surface area contributed by atoms with Gasteiger partial charge in [-0.1, -0.05) is 115 Å². The van der Waals surface area contributed by atoms with Crippen LogP contribution in [0, 0.1) is 10.1 Å². The summed E-state index contributed by atoms with van der Waals surface area (Å²) in [5.41, 5.74) is 0.800. The molecule has 5 rings (SSSR count). The zero-order valence-electron chi connectivity index (χ0n) is 20.3. The lowest BCUT2D eigenvalue weighted by atomic mass is 10.1. The molecule has 0 spiro atoms. The Kier molecular flexibility index (Phi) is 7.25. The largest absolute Gasteiger partial charge is 0.316 e. The third-order valence-electron chi connectivity index (χ3n) is 6.14. The number of carbonyl (C=O) groups is 1. The molecule has 0 heterocycles. The first-order valence-corrected chi connectivity index (χ1v) is 13.8. The Balaban J connectivity index is 1.75. The molecular formula is C31H24N3O3P. The average Bonchev–Trinajstić information content (AvgIpc) is 2.97. The van der Waals surface area contributed by atoms with Crippen LogP contribution in [0.5, 0.6) is 0 Å². The lowest BCUT2D eigenvalue weighted by Crippen LogP contribution is -2.25. The van der Waals surface area contributed by atoms with Gasteiger partial charge < -0.3 is 5.32 Å². The fraction of sp³-hybridized carbons (Fsp3) is 0. The Hall–Kier alpha value is -4.80. The van der Waals surface area contributed by atoms with Gasteiger partial charge in [-0.05, 0) is 18.2 Å². The summed E-state index contributed by atoms with van der Waals surface area (Å²) < 4.78 is 5.44. The van der Waals surface area contributed by atoms with E-state index < -0.39 is 17.9 Å². The van der Waals surface area contributed by atoms with Crippen molar-refractivity contribution in [1.82, 2.24) is 0 Å². The van der Waals surface area contributed by atoms with Crippen molar-refractivity contribution in [2.75, 3.05) is 5.32 Å². The summed E-state index contributed by atoms with van der Waals surface area (Å²) in [5, 5.41) is 17.4. The van der Waals surface area contributed by atoms with E-state index >= 15 is 0 Å². The molecule has 7 heteroatoms. The van der Waals surface area contributed by atoms with Gasteiger partial charge in [-0.3, -0.25) is 19.7 Å². The van der Waals surface area contributed by atoms with Crippen LogP contribution in [0.25, 0.3) is 0 Å². The standard InChI is InChI=1S/C31H24N3O3P/c35-31(32-29-22-12-13-23-30(29)34(36)37)27-20-10-11-21-28(27)33-38(24-14-4-1-5-15-24,25-16-6-2-7-17-25)26-18-8-3-9-19-26/h1-23H,(H,32,35). The SMILES string of the molecule is O=C(Nc1ccccc1[N+](=O)[O-])c1ccccc1N=P(c1ccccc1)(c1ccccc1)c1ccccc1. The molecule has 5 aromatic rings. The van der Waals surface area contributed by atoms with Crippen LogP contribution in [0.2, 0.25) is 0 Å². The number of anilines is 1. The second-order valence-electron chi connectivity index (χ2n) is 8.49. The molecular weight excluding hydrogens is 493 g/mol. The van der Waals surface area contributed by atoms with Gasteiger partial charge in [-0.2, -0.15) is 0 Å². The summed E-state index contributed by atoms with van der Waals surface area (Å²) in [6, 6.07) is 43.6. The maximum absolute atomic E-state index is 13.5.